The molecule has 32 heavy (non-hydrogen) atoms. The van der Waals surface area contributed by atoms with Crippen molar-refractivity contribution >= 4 is 8.80 Å². The zero-order valence-corrected chi connectivity index (χ0v) is 23.5. The molecule has 0 heterocycles. The Balaban J connectivity index is 4.24. The Morgan fingerprint density at radius 1 is 0.562 bits per heavy atom. The molecular weight excluding hydrogens is 419 g/mol. The highest BCUT2D eigenvalue weighted by Crippen LogP contribution is 2.31. The predicted octanol–water partition coefficient (Wildman–Crippen LogP) is 9.76. The van der Waals surface area contributed by atoms with E-state index >= 15 is 4.39 Å². The van der Waals surface area contributed by atoms with Gasteiger partial charge in [0, 0.05) is 25.7 Å². The van der Waals surface area contributed by atoms with Crippen LogP contribution in [0.5, 0.6) is 0 Å². The van der Waals surface area contributed by atoms with Crippen LogP contribution in [0.3, 0.4) is 0 Å². The molecule has 0 bridgehead atoms. The van der Waals surface area contributed by atoms with E-state index in [1.54, 1.807) is 6.92 Å². The average Bonchev–Trinajstić information content (AvgIpc) is 2.74. The molecule has 0 spiro atoms. The Bertz CT molecular complexity index is 387. The summed E-state index contributed by atoms with van der Waals surface area (Å²) in [7, 11) is -2.97. The van der Waals surface area contributed by atoms with E-state index in [9.17, 15) is 0 Å². The normalized spacial score (nSPS) is 14.1. The van der Waals surface area contributed by atoms with Gasteiger partial charge in [-0.05, 0) is 33.6 Å². The molecule has 0 N–H and O–H groups in total. The second-order valence-electron chi connectivity index (χ2n) is 9.56. The Morgan fingerprint density at radius 2 is 0.938 bits per heavy atom. The van der Waals surface area contributed by atoms with Gasteiger partial charge >= 0.3 is 8.80 Å². The molecule has 0 rings (SSSR count). The summed E-state index contributed by atoms with van der Waals surface area (Å²) in [6, 6.07) is 0.721. The summed E-state index contributed by atoms with van der Waals surface area (Å²) in [6.07, 6.45) is 21.5. The molecule has 5 heteroatoms. The minimum Gasteiger partial charge on any atom is -0.374 e. The maximum atomic E-state index is 15.3. The standard InChI is InChI=1S/C27H57FO3Si/c1-6-10-12-14-16-17-18-19-20-21-23-25-27(5,28)31-32(29-8-3,30-9-4)26-24-22-15-13-11-7-2/h6-26H2,1-5H3. The highest BCUT2D eigenvalue weighted by Gasteiger charge is 2.46. The molecule has 3 nitrogen and oxygen atoms in total. The summed E-state index contributed by atoms with van der Waals surface area (Å²) in [4.78, 5) is 0. The van der Waals surface area contributed by atoms with Gasteiger partial charge in [0.25, 0.3) is 0 Å². The fourth-order valence-corrected chi connectivity index (χ4v) is 7.24. The number of hydrogen-bond donors (Lipinski definition) is 0. The molecule has 0 radical (unpaired) electrons. The zero-order chi connectivity index (χ0) is 24.0. The van der Waals surface area contributed by atoms with Crippen molar-refractivity contribution in [2.75, 3.05) is 13.2 Å². The Labute approximate surface area is 201 Å². The molecule has 1 unspecified atom stereocenters. The fraction of sp³-hybridized carbons (Fsp3) is 1.00. The maximum absolute atomic E-state index is 15.3. The van der Waals surface area contributed by atoms with Crippen molar-refractivity contribution in [1.29, 1.82) is 0 Å². The van der Waals surface area contributed by atoms with E-state index in [-0.39, 0.29) is 0 Å². The Hall–Kier alpha value is 0.0269. The number of unbranched alkanes of at least 4 members (excludes halogenated alkanes) is 15. The molecule has 0 aromatic heterocycles. The minimum atomic E-state index is -2.97. The number of halogens is 1. The average molecular weight is 477 g/mol. The molecule has 0 aromatic carbocycles. The first-order valence-corrected chi connectivity index (χ1v) is 16.1. The fourth-order valence-electron chi connectivity index (χ4n) is 4.34. The van der Waals surface area contributed by atoms with Crippen LogP contribution in [0.1, 0.15) is 150 Å². The summed E-state index contributed by atoms with van der Waals surface area (Å²) in [6.45, 7) is 11.0. The van der Waals surface area contributed by atoms with Crippen molar-refractivity contribution in [2.45, 2.75) is 162 Å². The van der Waals surface area contributed by atoms with Gasteiger partial charge in [-0.2, -0.15) is 0 Å². The van der Waals surface area contributed by atoms with Crippen LogP contribution in [0.4, 0.5) is 4.39 Å². The first kappa shape index (κ1) is 32.0. The molecule has 0 fully saturated rings. The predicted molar refractivity (Wildman–Crippen MR) is 139 cm³/mol. The molecule has 0 aliphatic rings. The highest BCUT2D eigenvalue weighted by molar-refractivity contribution is 6.60. The van der Waals surface area contributed by atoms with Gasteiger partial charge < -0.3 is 13.3 Å². The van der Waals surface area contributed by atoms with Gasteiger partial charge in [-0.1, -0.05) is 110 Å². The van der Waals surface area contributed by atoms with E-state index in [0.29, 0.717) is 19.6 Å². The molecule has 0 saturated heterocycles. The SMILES string of the molecule is CCCCCCCCCCCCCC(C)(F)O[Si](CCCCCCCC)(OCC)OCC. The third kappa shape index (κ3) is 18.5. The van der Waals surface area contributed by atoms with Crippen molar-refractivity contribution in [3.63, 3.8) is 0 Å². The van der Waals surface area contributed by atoms with Crippen LogP contribution in [-0.4, -0.2) is 27.9 Å². The first-order chi connectivity index (χ1) is 15.4. The van der Waals surface area contributed by atoms with E-state index in [4.69, 9.17) is 13.3 Å². The van der Waals surface area contributed by atoms with Crippen molar-refractivity contribution in [1.82, 2.24) is 0 Å². The minimum absolute atomic E-state index is 0.426. The van der Waals surface area contributed by atoms with Crippen molar-refractivity contribution in [3.05, 3.63) is 0 Å². The lowest BCUT2D eigenvalue weighted by Gasteiger charge is -2.35. The molecule has 194 valence electrons. The molecule has 1 atom stereocenters. The lowest BCUT2D eigenvalue weighted by molar-refractivity contribution is -0.109. The Morgan fingerprint density at radius 3 is 1.34 bits per heavy atom. The van der Waals surface area contributed by atoms with Crippen LogP contribution >= 0.6 is 0 Å². The lowest BCUT2D eigenvalue weighted by atomic mass is 10.0. The van der Waals surface area contributed by atoms with Crippen molar-refractivity contribution in [3.8, 4) is 0 Å². The van der Waals surface area contributed by atoms with E-state index in [1.807, 2.05) is 13.8 Å². The molecule has 0 amide bonds. The number of hydrogen-bond acceptors (Lipinski definition) is 3. The van der Waals surface area contributed by atoms with E-state index in [0.717, 1.165) is 31.7 Å². The summed E-state index contributed by atoms with van der Waals surface area (Å²) >= 11 is 0. The van der Waals surface area contributed by atoms with E-state index < -0.39 is 14.7 Å². The van der Waals surface area contributed by atoms with Gasteiger partial charge in [-0.25, -0.2) is 4.39 Å². The van der Waals surface area contributed by atoms with Gasteiger partial charge in [0.05, 0.1) is 0 Å². The van der Waals surface area contributed by atoms with Gasteiger partial charge in [0.1, 0.15) is 0 Å². The second kappa shape index (κ2) is 21.6. The van der Waals surface area contributed by atoms with Crippen LogP contribution < -0.4 is 0 Å². The summed E-state index contributed by atoms with van der Waals surface area (Å²) in [5.74, 6) is -1.67. The second-order valence-corrected chi connectivity index (χ2v) is 12.2. The Kier molecular flexibility index (Phi) is 21.6. The van der Waals surface area contributed by atoms with Crippen LogP contribution in [-0.2, 0) is 13.3 Å². The van der Waals surface area contributed by atoms with Gasteiger partial charge in [0.2, 0.25) is 5.85 Å². The van der Waals surface area contributed by atoms with Crippen molar-refractivity contribution in [2.24, 2.45) is 0 Å². The maximum Gasteiger partial charge on any atom is 0.503 e. The zero-order valence-electron chi connectivity index (χ0n) is 22.5. The van der Waals surface area contributed by atoms with Gasteiger partial charge in [0.15, 0.2) is 0 Å². The molecule has 0 aliphatic carbocycles. The van der Waals surface area contributed by atoms with Crippen LogP contribution in [0.25, 0.3) is 0 Å². The van der Waals surface area contributed by atoms with Crippen molar-refractivity contribution < 1.29 is 17.7 Å². The monoisotopic (exact) mass is 476 g/mol. The number of rotatable bonds is 25. The van der Waals surface area contributed by atoms with Gasteiger partial charge in [-0.15, -0.1) is 0 Å². The highest BCUT2D eigenvalue weighted by atomic mass is 28.4. The van der Waals surface area contributed by atoms with Crippen LogP contribution in [0, 0.1) is 0 Å². The smallest absolute Gasteiger partial charge is 0.374 e. The lowest BCUT2D eigenvalue weighted by Crippen LogP contribution is -2.51. The van der Waals surface area contributed by atoms with E-state index in [1.165, 1.54) is 83.5 Å². The molecular formula is C27H57FO3Si. The van der Waals surface area contributed by atoms with Crippen LogP contribution in [0.15, 0.2) is 0 Å². The quantitative estimate of drug-likeness (QED) is 0.0969. The summed E-state index contributed by atoms with van der Waals surface area (Å²) < 4.78 is 33.4. The number of alkyl halides is 1. The summed E-state index contributed by atoms with van der Waals surface area (Å²) in [5.41, 5.74) is 0. The molecule has 0 aromatic rings. The molecule has 0 aliphatic heterocycles. The topological polar surface area (TPSA) is 27.7 Å². The van der Waals surface area contributed by atoms with Crippen LogP contribution in [0.2, 0.25) is 6.04 Å². The van der Waals surface area contributed by atoms with E-state index in [2.05, 4.69) is 13.8 Å². The van der Waals surface area contributed by atoms with Gasteiger partial charge in [-0.3, -0.25) is 0 Å². The third-order valence-electron chi connectivity index (χ3n) is 6.16. The summed E-state index contributed by atoms with van der Waals surface area (Å²) in [5, 5.41) is 0. The molecule has 0 saturated carbocycles. The largest absolute Gasteiger partial charge is 0.503 e. The first-order valence-electron chi connectivity index (χ1n) is 14.1. The third-order valence-corrected chi connectivity index (χ3v) is 9.32.